The smallest absolute Gasteiger partial charge is 0.149 e. The highest BCUT2D eigenvalue weighted by atomic mass is 32.2. The van der Waals surface area contributed by atoms with Gasteiger partial charge in [-0.2, -0.15) is 11.8 Å². The Balaban J connectivity index is 3.41. The van der Waals surface area contributed by atoms with Crippen molar-refractivity contribution in [2.75, 3.05) is 12.0 Å². The van der Waals surface area contributed by atoms with Gasteiger partial charge in [0.1, 0.15) is 5.78 Å². The maximum Gasteiger partial charge on any atom is 0.149 e. The number of hydrogen-bond donors (Lipinski definition) is 1. The first kappa shape index (κ1) is 9.98. The van der Waals surface area contributed by atoms with E-state index >= 15 is 0 Å². The summed E-state index contributed by atoms with van der Waals surface area (Å²) in [5, 5.41) is 0. The first-order valence-corrected chi connectivity index (χ1v) is 4.89. The molecule has 1 unspecified atom stereocenters. The molecule has 0 radical (unpaired) electrons. The van der Waals surface area contributed by atoms with Crippen LogP contribution in [0.3, 0.4) is 0 Å². The van der Waals surface area contributed by atoms with Crippen molar-refractivity contribution in [2.24, 2.45) is 5.73 Å². The predicted octanol–water partition coefficient (Wildman–Crippen LogP) is 1.05. The molecule has 10 heavy (non-hydrogen) atoms. The summed E-state index contributed by atoms with van der Waals surface area (Å²) in [6.45, 7) is 1.85. The Morgan fingerprint density at radius 2 is 2.30 bits per heavy atom. The van der Waals surface area contributed by atoms with Gasteiger partial charge in [-0.25, -0.2) is 0 Å². The van der Waals surface area contributed by atoms with Gasteiger partial charge in [-0.05, 0) is 18.4 Å². The summed E-state index contributed by atoms with van der Waals surface area (Å²) in [7, 11) is 0. The quantitative estimate of drug-likeness (QED) is 0.655. The van der Waals surface area contributed by atoms with E-state index in [1.54, 1.807) is 11.8 Å². The van der Waals surface area contributed by atoms with Gasteiger partial charge in [0.15, 0.2) is 0 Å². The number of Topliss-reactive ketones (excluding diaryl/α,β-unsaturated/α-hetero) is 1. The van der Waals surface area contributed by atoms with Crippen LogP contribution in [0.5, 0.6) is 0 Å². The monoisotopic (exact) mass is 161 g/mol. The van der Waals surface area contributed by atoms with Gasteiger partial charge in [-0.15, -0.1) is 0 Å². The van der Waals surface area contributed by atoms with Crippen molar-refractivity contribution >= 4 is 17.5 Å². The molecular formula is C7H15NOS. The fourth-order valence-electron chi connectivity index (χ4n) is 0.668. The largest absolute Gasteiger partial charge is 0.321 e. The topological polar surface area (TPSA) is 43.1 Å². The molecule has 2 N–H and O–H groups in total. The van der Waals surface area contributed by atoms with E-state index in [0.717, 1.165) is 12.2 Å². The molecule has 0 aliphatic rings. The van der Waals surface area contributed by atoms with Crippen LogP contribution in [0.2, 0.25) is 0 Å². The van der Waals surface area contributed by atoms with Crippen LogP contribution >= 0.6 is 11.8 Å². The van der Waals surface area contributed by atoms with Gasteiger partial charge in [0.05, 0.1) is 6.04 Å². The van der Waals surface area contributed by atoms with Gasteiger partial charge < -0.3 is 5.73 Å². The van der Waals surface area contributed by atoms with Crippen LogP contribution in [-0.2, 0) is 4.79 Å². The van der Waals surface area contributed by atoms with Crippen molar-refractivity contribution < 1.29 is 4.79 Å². The van der Waals surface area contributed by atoms with Crippen LogP contribution in [0.15, 0.2) is 0 Å². The Morgan fingerprint density at radius 1 is 1.70 bits per heavy atom. The van der Waals surface area contributed by atoms with E-state index in [-0.39, 0.29) is 11.8 Å². The number of nitrogens with two attached hydrogens (primary N) is 1. The minimum absolute atomic E-state index is 0.175. The zero-order chi connectivity index (χ0) is 7.98. The highest BCUT2D eigenvalue weighted by Crippen LogP contribution is 2.00. The minimum Gasteiger partial charge on any atom is -0.321 e. The standard InChI is InChI=1S/C7H15NOS/c1-3-7(9)6(8)4-5-10-2/h6H,3-5,8H2,1-2H3. The average Bonchev–Trinajstić information content (AvgIpc) is 1.98. The lowest BCUT2D eigenvalue weighted by Gasteiger charge is -2.06. The summed E-state index contributed by atoms with van der Waals surface area (Å²) in [6, 6.07) is -0.225. The zero-order valence-electron chi connectivity index (χ0n) is 6.59. The SMILES string of the molecule is CCC(=O)C(N)CCSC. The van der Waals surface area contributed by atoms with Gasteiger partial charge in [-0.1, -0.05) is 6.92 Å². The molecule has 1 atom stereocenters. The molecule has 0 heterocycles. The van der Waals surface area contributed by atoms with Crippen LogP contribution < -0.4 is 5.73 Å². The van der Waals surface area contributed by atoms with Crippen molar-refractivity contribution in [3.8, 4) is 0 Å². The molecule has 0 aromatic heterocycles. The van der Waals surface area contributed by atoms with Crippen LogP contribution in [0.1, 0.15) is 19.8 Å². The van der Waals surface area contributed by atoms with E-state index < -0.39 is 0 Å². The van der Waals surface area contributed by atoms with E-state index in [2.05, 4.69) is 0 Å². The summed E-state index contributed by atoms with van der Waals surface area (Å²) in [6.07, 6.45) is 3.40. The highest BCUT2D eigenvalue weighted by Gasteiger charge is 2.09. The number of carbonyl (C=O) groups is 1. The van der Waals surface area contributed by atoms with Crippen molar-refractivity contribution in [3.05, 3.63) is 0 Å². The summed E-state index contributed by atoms with van der Waals surface area (Å²) in [5.74, 6) is 1.15. The van der Waals surface area contributed by atoms with Crippen molar-refractivity contribution in [2.45, 2.75) is 25.8 Å². The molecule has 2 nitrogen and oxygen atoms in total. The van der Waals surface area contributed by atoms with Crippen molar-refractivity contribution in [1.29, 1.82) is 0 Å². The molecule has 0 aromatic carbocycles. The van der Waals surface area contributed by atoms with Crippen LogP contribution in [-0.4, -0.2) is 23.8 Å². The third kappa shape index (κ3) is 3.90. The molecule has 0 saturated carbocycles. The zero-order valence-corrected chi connectivity index (χ0v) is 7.41. The molecule has 0 fully saturated rings. The lowest BCUT2D eigenvalue weighted by molar-refractivity contribution is -0.120. The molecule has 0 rings (SSSR count). The number of rotatable bonds is 5. The third-order valence-corrected chi connectivity index (χ3v) is 2.04. The normalized spacial score (nSPS) is 13.1. The van der Waals surface area contributed by atoms with E-state index in [1.165, 1.54) is 0 Å². The first-order valence-electron chi connectivity index (χ1n) is 3.49. The van der Waals surface area contributed by atoms with Gasteiger partial charge in [0, 0.05) is 6.42 Å². The lowest BCUT2D eigenvalue weighted by atomic mass is 10.1. The molecule has 60 valence electrons. The maximum absolute atomic E-state index is 10.9. The van der Waals surface area contributed by atoms with Gasteiger partial charge >= 0.3 is 0 Å². The second kappa shape index (κ2) is 5.74. The van der Waals surface area contributed by atoms with Crippen molar-refractivity contribution in [3.63, 3.8) is 0 Å². The molecule has 3 heteroatoms. The van der Waals surface area contributed by atoms with E-state index in [4.69, 9.17) is 5.73 Å². The van der Waals surface area contributed by atoms with Crippen molar-refractivity contribution in [1.82, 2.24) is 0 Å². The lowest BCUT2D eigenvalue weighted by Crippen LogP contribution is -2.30. The van der Waals surface area contributed by atoms with E-state index in [1.807, 2.05) is 13.2 Å². The first-order chi connectivity index (χ1) is 4.72. The molecule has 0 amide bonds. The fourth-order valence-corrected chi connectivity index (χ4v) is 1.16. The fraction of sp³-hybridized carbons (Fsp3) is 0.857. The predicted molar refractivity (Wildman–Crippen MR) is 46.3 cm³/mol. The summed E-state index contributed by atoms with van der Waals surface area (Å²) >= 11 is 1.73. The van der Waals surface area contributed by atoms with E-state index in [9.17, 15) is 4.79 Å². The molecule has 0 bridgehead atoms. The van der Waals surface area contributed by atoms with Crippen LogP contribution in [0, 0.1) is 0 Å². The second-order valence-corrected chi connectivity index (χ2v) is 3.19. The number of carbonyl (C=O) groups excluding carboxylic acids is 1. The number of ketones is 1. The summed E-state index contributed by atoms with van der Waals surface area (Å²) < 4.78 is 0. The average molecular weight is 161 g/mol. The summed E-state index contributed by atoms with van der Waals surface area (Å²) in [5.41, 5.74) is 5.55. The second-order valence-electron chi connectivity index (χ2n) is 2.21. The summed E-state index contributed by atoms with van der Waals surface area (Å²) in [4.78, 5) is 10.9. The maximum atomic E-state index is 10.9. The molecule has 0 saturated heterocycles. The Bertz CT molecular complexity index is 106. The molecule has 0 spiro atoms. The molecule has 0 aliphatic heterocycles. The van der Waals surface area contributed by atoms with E-state index in [0.29, 0.717) is 6.42 Å². The Morgan fingerprint density at radius 3 is 2.70 bits per heavy atom. The highest BCUT2D eigenvalue weighted by molar-refractivity contribution is 7.98. The Labute approximate surface area is 66.6 Å². The molecule has 0 aromatic rings. The molecule has 0 aliphatic carbocycles. The number of hydrogen-bond acceptors (Lipinski definition) is 3. The Hall–Kier alpha value is -0.0200. The van der Waals surface area contributed by atoms with Crippen LogP contribution in [0.4, 0.5) is 0 Å². The third-order valence-electron chi connectivity index (χ3n) is 1.40. The molecular weight excluding hydrogens is 146 g/mol. The van der Waals surface area contributed by atoms with Gasteiger partial charge in [0.2, 0.25) is 0 Å². The minimum atomic E-state index is -0.225. The van der Waals surface area contributed by atoms with Gasteiger partial charge in [0.25, 0.3) is 0 Å². The Kier molecular flexibility index (Phi) is 5.73. The van der Waals surface area contributed by atoms with Crippen LogP contribution in [0.25, 0.3) is 0 Å². The van der Waals surface area contributed by atoms with Gasteiger partial charge in [-0.3, -0.25) is 4.79 Å². The number of thioether (sulfide) groups is 1.